The van der Waals surface area contributed by atoms with Crippen molar-refractivity contribution in [3.63, 3.8) is 0 Å². The van der Waals surface area contributed by atoms with Crippen LogP contribution in [0.25, 0.3) is 0 Å². The van der Waals surface area contributed by atoms with E-state index in [1.807, 2.05) is 41.2 Å². The predicted octanol–water partition coefficient (Wildman–Crippen LogP) is 10.1. The lowest BCUT2D eigenvalue weighted by molar-refractivity contribution is -0.152. The zero-order chi connectivity index (χ0) is 63.8. The maximum absolute atomic E-state index is 12.9. The molecular weight excluding hydrogens is 1180 g/mol. The maximum atomic E-state index is 12.9. The van der Waals surface area contributed by atoms with E-state index in [2.05, 4.69) is 56.9 Å². The molecule has 0 saturated heterocycles. The van der Waals surface area contributed by atoms with Crippen LogP contribution in [0, 0.1) is 0 Å². The van der Waals surface area contributed by atoms with Gasteiger partial charge < -0.3 is 52.6 Å². The fraction of sp³-hybridized carbons (Fsp3) is 0.746. The highest BCUT2D eigenvalue weighted by Crippen LogP contribution is 2.16. The van der Waals surface area contributed by atoms with Gasteiger partial charge in [0.2, 0.25) is 0 Å². The Labute approximate surface area is 533 Å². The highest BCUT2D eigenvalue weighted by molar-refractivity contribution is 8.01. The highest BCUT2D eigenvalue weighted by Gasteiger charge is 2.20. The third-order valence-corrected chi connectivity index (χ3v) is 16.8. The van der Waals surface area contributed by atoms with Crippen LogP contribution in [-0.4, -0.2) is 219 Å². The van der Waals surface area contributed by atoms with E-state index in [-0.39, 0.29) is 123 Å². The summed E-state index contributed by atoms with van der Waals surface area (Å²) in [4.78, 5) is 107. The van der Waals surface area contributed by atoms with Crippen molar-refractivity contribution in [2.45, 2.75) is 166 Å². The van der Waals surface area contributed by atoms with Crippen LogP contribution in [0.3, 0.4) is 0 Å². The summed E-state index contributed by atoms with van der Waals surface area (Å²) >= 11 is 5.89. The van der Waals surface area contributed by atoms with Gasteiger partial charge in [-0.2, -0.15) is 0 Å². The van der Waals surface area contributed by atoms with Crippen molar-refractivity contribution in [2.75, 3.05) is 135 Å². The van der Waals surface area contributed by atoms with Crippen LogP contribution in [0.1, 0.15) is 145 Å². The molecule has 0 aliphatic carbocycles. The molecule has 0 aliphatic heterocycles. The third-order valence-electron chi connectivity index (χ3n) is 12.5. The van der Waals surface area contributed by atoms with Gasteiger partial charge in [0.05, 0.1) is 46.7 Å². The maximum Gasteiger partial charge on any atom is 0.318 e. The quantitative estimate of drug-likeness (QED) is 0.0239. The number of carbonyl (C=O) groups is 8. The largest absolute Gasteiger partial charge is 0.462 e. The molecule has 23 heteroatoms. The van der Waals surface area contributed by atoms with Crippen molar-refractivity contribution in [3.8, 4) is 0 Å². The summed E-state index contributed by atoms with van der Waals surface area (Å²) in [5, 5.41) is -1.44. The molecule has 0 aromatic heterocycles. The van der Waals surface area contributed by atoms with Crippen LogP contribution in [-0.2, 0) is 76.3 Å². The number of thioether (sulfide) groups is 4. The van der Waals surface area contributed by atoms with Gasteiger partial charge in [-0.15, -0.1) is 47.0 Å². The topological polar surface area (TPSA) is 220 Å². The van der Waals surface area contributed by atoms with Gasteiger partial charge >= 0.3 is 47.8 Å². The molecule has 0 aromatic carbocycles. The van der Waals surface area contributed by atoms with Gasteiger partial charge in [0, 0.05) is 49.2 Å². The Morgan fingerprint density at radius 1 is 0.326 bits per heavy atom. The van der Waals surface area contributed by atoms with Crippen molar-refractivity contribution >= 4 is 94.8 Å². The van der Waals surface area contributed by atoms with Gasteiger partial charge in [-0.3, -0.25) is 38.4 Å². The van der Waals surface area contributed by atoms with E-state index in [1.165, 1.54) is 47.0 Å². The Kier molecular flexibility index (Phi) is 54.8. The lowest BCUT2D eigenvalue weighted by Crippen LogP contribution is -2.34. The first-order chi connectivity index (χ1) is 41.5. The van der Waals surface area contributed by atoms with Crippen molar-refractivity contribution in [3.05, 3.63) is 48.6 Å². The van der Waals surface area contributed by atoms with Gasteiger partial charge in [-0.1, -0.05) is 102 Å². The SMILES string of the molecule is CCC/C=C\CSC(C)C(=O)OCCOC(=O)CCN(CCCN(C)CCCN(CCC(=O)OCCOC(=O)C(C)SC/C=C\CCC)CCC(=O)OCCOC(=O)C(C)SC/C=C\CCC)CCC(=O)OCCOC(=O)C(C)SC/C=C\CCC. The van der Waals surface area contributed by atoms with E-state index in [0.717, 1.165) is 51.4 Å². The zero-order valence-corrected chi connectivity index (χ0v) is 56.7. The number of hydrogen-bond donors (Lipinski definition) is 0. The molecule has 0 N–H and O–H groups in total. The molecule has 0 aromatic rings. The average Bonchev–Trinajstić information content (AvgIpc) is 3.51. The number of nitrogens with zero attached hydrogens (tertiary/aromatic N) is 3. The molecule has 0 radical (unpaired) electrons. The monoisotopic (exact) mass is 1290 g/mol. The number of rotatable bonds is 56. The van der Waals surface area contributed by atoms with Crippen LogP contribution >= 0.6 is 47.0 Å². The third kappa shape index (κ3) is 49.9. The molecule has 0 saturated carbocycles. The fourth-order valence-electron chi connectivity index (χ4n) is 7.34. The van der Waals surface area contributed by atoms with Gasteiger partial charge in [-0.25, -0.2) is 0 Å². The highest BCUT2D eigenvalue weighted by atomic mass is 32.2. The first-order valence-corrected chi connectivity index (χ1v) is 35.2. The van der Waals surface area contributed by atoms with E-state index >= 15 is 0 Å². The molecule has 0 amide bonds. The van der Waals surface area contributed by atoms with E-state index < -0.39 is 23.9 Å². The minimum absolute atomic E-state index is 0.0412. The van der Waals surface area contributed by atoms with E-state index in [4.69, 9.17) is 37.9 Å². The van der Waals surface area contributed by atoms with E-state index in [0.29, 0.717) is 88.2 Å². The van der Waals surface area contributed by atoms with Crippen molar-refractivity contribution in [2.24, 2.45) is 0 Å². The Hall–Kier alpha value is -4.00. The molecule has 0 aliphatic rings. The molecular formula is C63H107N3O16S4. The number of unbranched alkanes of at least 4 members (excludes halogenated alkanes) is 4. The summed E-state index contributed by atoms with van der Waals surface area (Å²) in [5.41, 5.74) is 0. The molecule has 4 atom stereocenters. The smallest absolute Gasteiger partial charge is 0.318 e. The van der Waals surface area contributed by atoms with E-state index in [1.54, 1.807) is 27.7 Å². The summed E-state index contributed by atoms with van der Waals surface area (Å²) in [6.45, 7) is 18.6. The molecule has 4 unspecified atom stereocenters. The summed E-state index contributed by atoms with van der Waals surface area (Å²) in [6.07, 6.45) is 26.3. The van der Waals surface area contributed by atoms with Crippen molar-refractivity contribution in [1.29, 1.82) is 0 Å². The standard InChI is InChI=1S/C63H107N3O16S4/c1-10-14-18-22-48-83-52(5)60(71)79-44-40-75-56(67)28-36-65(37-29-57(68)76-41-45-80-61(72)53(6)84-49-23-19-15-11-2)34-26-32-64(9)33-27-35-66(38-30-58(69)77-42-46-81-62(73)54(7)85-50-24-20-16-12-3)39-31-59(70)78-43-47-82-63(74)55(8)86-51-25-21-17-13-4/h18-25,52-55H,10-17,26-51H2,1-9H3/b22-18-,23-19-,24-20-,25-21-. The summed E-state index contributed by atoms with van der Waals surface area (Å²) < 4.78 is 42.9. The van der Waals surface area contributed by atoms with Crippen LogP contribution in [0.2, 0.25) is 0 Å². The van der Waals surface area contributed by atoms with Crippen LogP contribution in [0.4, 0.5) is 0 Å². The second kappa shape index (κ2) is 57.4. The zero-order valence-electron chi connectivity index (χ0n) is 53.5. The molecule has 0 spiro atoms. The van der Waals surface area contributed by atoms with Crippen molar-refractivity contribution in [1.82, 2.24) is 14.7 Å². The molecule has 19 nitrogen and oxygen atoms in total. The second-order valence-corrected chi connectivity index (χ2v) is 25.7. The Morgan fingerprint density at radius 3 is 0.767 bits per heavy atom. The van der Waals surface area contributed by atoms with Crippen LogP contribution < -0.4 is 0 Å². The number of hydrogen-bond acceptors (Lipinski definition) is 23. The Bertz CT molecular complexity index is 1700. The lowest BCUT2D eigenvalue weighted by Gasteiger charge is -2.25. The molecule has 0 rings (SSSR count). The van der Waals surface area contributed by atoms with Gasteiger partial charge in [0.1, 0.15) is 52.9 Å². The molecule has 0 bridgehead atoms. The Morgan fingerprint density at radius 2 is 0.547 bits per heavy atom. The minimum Gasteiger partial charge on any atom is -0.462 e. The second-order valence-electron chi connectivity index (χ2n) is 20.2. The minimum atomic E-state index is -0.468. The summed E-state index contributed by atoms with van der Waals surface area (Å²) in [6, 6.07) is 0. The molecule has 0 heterocycles. The number of esters is 8. The fourth-order valence-corrected chi connectivity index (χ4v) is 10.3. The molecule has 0 fully saturated rings. The molecule has 86 heavy (non-hydrogen) atoms. The van der Waals surface area contributed by atoms with E-state index in [9.17, 15) is 38.4 Å². The Balaban J connectivity index is 5.50. The molecule has 494 valence electrons. The van der Waals surface area contributed by atoms with Crippen LogP contribution in [0.15, 0.2) is 48.6 Å². The predicted molar refractivity (Wildman–Crippen MR) is 350 cm³/mol. The summed E-state index contributed by atoms with van der Waals surface area (Å²) in [5.74, 6) is -0.560. The van der Waals surface area contributed by atoms with Gasteiger partial charge in [0.25, 0.3) is 0 Å². The number of carbonyl (C=O) groups excluding carboxylic acids is 8. The summed E-state index contributed by atoms with van der Waals surface area (Å²) in [7, 11) is 1.99. The van der Waals surface area contributed by atoms with Crippen molar-refractivity contribution < 1.29 is 76.3 Å². The van der Waals surface area contributed by atoms with Crippen LogP contribution in [0.5, 0.6) is 0 Å². The average molecular weight is 1290 g/mol. The lowest BCUT2D eigenvalue weighted by atomic mass is 10.2. The first kappa shape index (κ1) is 82.0. The number of allylic oxidation sites excluding steroid dienone is 4. The van der Waals surface area contributed by atoms with Gasteiger partial charge in [-0.05, 0) is 99.4 Å². The first-order valence-electron chi connectivity index (χ1n) is 31.0. The number of ether oxygens (including phenoxy) is 8. The van der Waals surface area contributed by atoms with Gasteiger partial charge in [0.15, 0.2) is 0 Å². The normalized spacial score (nSPS) is 13.2.